The number of nitrogens with one attached hydrogen (secondary N) is 1. The Morgan fingerprint density at radius 1 is 1.30 bits per heavy atom. The summed E-state index contributed by atoms with van der Waals surface area (Å²) in [5.74, 6) is -0.0373. The van der Waals surface area contributed by atoms with E-state index in [9.17, 15) is 14.7 Å². The maximum absolute atomic E-state index is 13.1. The molecule has 7 heteroatoms. The highest BCUT2D eigenvalue weighted by molar-refractivity contribution is 5.94. The summed E-state index contributed by atoms with van der Waals surface area (Å²) in [4.78, 5) is 31.5. The van der Waals surface area contributed by atoms with E-state index in [1.807, 2.05) is 17.9 Å². The third-order valence-corrected chi connectivity index (χ3v) is 7.10. The summed E-state index contributed by atoms with van der Waals surface area (Å²) in [6.07, 6.45) is 7.66. The van der Waals surface area contributed by atoms with Gasteiger partial charge in [-0.2, -0.15) is 0 Å². The Kier molecular flexibility index (Phi) is 5.86. The largest absolute Gasteiger partial charge is 0.388 e. The van der Waals surface area contributed by atoms with Crippen molar-refractivity contribution in [1.29, 1.82) is 0 Å². The van der Waals surface area contributed by atoms with Crippen molar-refractivity contribution in [1.82, 2.24) is 15.2 Å². The summed E-state index contributed by atoms with van der Waals surface area (Å²) < 4.78 is 6.09. The summed E-state index contributed by atoms with van der Waals surface area (Å²) in [6, 6.07) is 2.03. The minimum atomic E-state index is -0.736. The molecule has 1 aromatic heterocycles. The highest BCUT2D eigenvalue weighted by atomic mass is 16.5. The summed E-state index contributed by atoms with van der Waals surface area (Å²) in [5, 5.41) is 13.5. The standard InChI is InChI=1S/C23H33N3O4/c1-3-20(28)25-22(2)15-23(30-14-19(22)27)8-10-26(11-9-23)21(29)17-12-16-6-4-5-7-18(16)24-13-17/h12-13,19,27H,3-11,14-15H2,1-2H3,(H,25,28)/t19-,22-/m1/s1. The fourth-order valence-corrected chi connectivity index (χ4v) is 5.14. The molecule has 30 heavy (non-hydrogen) atoms. The number of aliphatic hydroxyl groups excluding tert-OH is 1. The number of piperidine rings is 1. The summed E-state index contributed by atoms with van der Waals surface area (Å²) in [7, 11) is 0. The molecular weight excluding hydrogens is 382 g/mol. The number of aliphatic hydroxyl groups is 1. The lowest BCUT2D eigenvalue weighted by molar-refractivity contribution is -0.179. The molecule has 1 aliphatic carbocycles. The van der Waals surface area contributed by atoms with Gasteiger partial charge in [0, 0.05) is 37.8 Å². The summed E-state index contributed by atoms with van der Waals surface area (Å²) in [5.41, 5.74) is 1.90. The Morgan fingerprint density at radius 3 is 2.77 bits per heavy atom. The fraction of sp³-hybridized carbons (Fsp3) is 0.696. The molecule has 0 radical (unpaired) electrons. The van der Waals surface area contributed by atoms with Gasteiger partial charge in [-0.05, 0) is 57.1 Å². The Bertz CT molecular complexity index is 819. The molecular formula is C23H33N3O4. The maximum atomic E-state index is 13.1. The van der Waals surface area contributed by atoms with E-state index in [1.165, 1.54) is 12.0 Å². The van der Waals surface area contributed by atoms with Gasteiger partial charge in [0.2, 0.25) is 5.91 Å². The molecule has 0 bridgehead atoms. The van der Waals surface area contributed by atoms with Gasteiger partial charge in [-0.1, -0.05) is 6.92 Å². The zero-order valence-corrected chi connectivity index (χ0v) is 18.1. The third-order valence-electron chi connectivity index (χ3n) is 7.10. The van der Waals surface area contributed by atoms with Crippen LogP contribution in [0.15, 0.2) is 12.3 Å². The monoisotopic (exact) mass is 415 g/mol. The molecule has 3 aliphatic rings. The van der Waals surface area contributed by atoms with Gasteiger partial charge in [-0.25, -0.2) is 0 Å². The van der Waals surface area contributed by atoms with Crippen molar-refractivity contribution in [2.24, 2.45) is 0 Å². The van der Waals surface area contributed by atoms with Gasteiger partial charge in [-0.15, -0.1) is 0 Å². The first kappa shape index (κ1) is 21.2. The molecule has 2 fully saturated rings. The molecule has 2 N–H and O–H groups in total. The number of nitrogens with zero attached hydrogens (tertiary/aromatic N) is 2. The van der Waals surface area contributed by atoms with Crippen molar-refractivity contribution in [3.8, 4) is 0 Å². The average Bonchev–Trinajstić information content (AvgIpc) is 2.76. The molecule has 2 saturated heterocycles. The van der Waals surface area contributed by atoms with Crippen LogP contribution < -0.4 is 5.32 Å². The van der Waals surface area contributed by atoms with Crippen molar-refractivity contribution < 1.29 is 19.4 Å². The fourth-order valence-electron chi connectivity index (χ4n) is 5.14. The molecule has 2 aliphatic heterocycles. The lowest BCUT2D eigenvalue weighted by Gasteiger charge is -2.52. The second-order valence-electron chi connectivity index (χ2n) is 9.33. The minimum absolute atomic E-state index is 0.0311. The molecule has 2 amide bonds. The van der Waals surface area contributed by atoms with E-state index in [0.29, 0.717) is 44.3 Å². The van der Waals surface area contributed by atoms with Crippen LogP contribution in [0.25, 0.3) is 0 Å². The number of likely N-dealkylation sites (tertiary alicyclic amines) is 1. The van der Waals surface area contributed by atoms with Gasteiger partial charge >= 0.3 is 0 Å². The number of amides is 2. The van der Waals surface area contributed by atoms with Gasteiger partial charge in [0.05, 0.1) is 23.3 Å². The van der Waals surface area contributed by atoms with Crippen molar-refractivity contribution in [2.75, 3.05) is 19.7 Å². The van der Waals surface area contributed by atoms with E-state index < -0.39 is 17.2 Å². The SMILES string of the molecule is CCC(=O)N[C@]1(C)CC2(CCN(C(=O)c3cnc4c(c3)CCCC4)CC2)OC[C@H]1O. The molecule has 1 aromatic rings. The predicted molar refractivity (Wildman–Crippen MR) is 112 cm³/mol. The van der Waals surface area contributed by atoms with Gasteiger partial charge in [0.25, 0.3) is 5.91 Å². The summed E-state index contributed by atoms with van der Waals surface area (Å²) >= 11 is 0. The van der Waals surface area contributed by atoms with E-state index in [1.54, 1.807) is 13.1 Å². The Labute approximate surface area is 178 Å². The van der Waals surface area contributed by atoms with Crippen LogP contribution >= 0.6 is 0 Å². The first-order chi connectivity index (χ1) is 14.3. The lowest BCUT2D eigenvalue weighted by Crippen LogP contribution is -2.65. The normalized spacial score (nSPS) is 28.1. The number of ether oxygens (including phenoxy) is 1. The Balaban J connectivity index is 1.42. The van der Waals surface area contributed by atoms with E-state index >= 15 is 0 Å². The van der Waals surface area contributed by atoms with Crippen LogP contribution in [0, 0.1) is 0 Å². The van der Waals surface area contributed by atoms with Crippen LogP contribution in [0.1, 0.15) is 74.0 Å². The quantitative estimate of drug-likeness (QED) is 0.788. The van der Waals surface area contributed by atoms with E-state index in [-0.39, 0.29) is 18.4 Å². The molecule has 4 rings (SSSR count). The number of carbonyl (C=O) groups is 2. The molecule has 2 atom stereocenters. The maximum Gasteiger partial charge on any atom is 0.255 e. The van der Waals surface area contributed by atoms with E-state index in [4.69, 9.17) is 4.74 Å². The topological polar surface area (TPSA) is 91.8 Å². The van der Waals surface area contributed by atoms with E-state index in [0.717, 1.165) is 25.0 Å². The number of aromatic nitrogens is 1. The van der Waals surface area contributed by atoms with Crippen LogP contribution in [-0.2, 0) is 22.4 Å². The smallest absolute Gasteiger partial charge is 0.255 e. The number of hydrogen-bond donors (Lipinski definition) is 2. The van der Waals surface area contributed by atoms with E-state index in [2.05, 4.69) is 10.3 Å². The van der Waals surface area contributed by atoms with Crippen molar-refractivity contribution >= 4 is 11.8 Å². The van der Waals surface area contributed by atoms with Crippen LogP contribution in [0.2, 0.25) is 0 Å². The first-order valence-electron chi connectivity index (χ1n) is 11.2. The first-order valence-corrected chi connectivity index (χ1v) is 11.2. The van der Waals surface area contributed by atoms with Crippen LogP contribution in [-0.4, -0.2) is 63.7 Å². The molecule has 1 spiro atoms. The number of aryl methyl sites for hydroxylation is 2. The van der Waals surface area contributed by atoms with Gasteiger partial charge in [-0.3, -0.25) is 14.6 Å². The van der Waals surface area contributed by atoms with Gasteiger partial charge in [0.1, 0.15) is 6.10 Å². The minimum Gasteiger partial charge on any atom is -0.388 e. The van der Waals surface area contributed by atoms with Crippen LogP contribution in [0.5, 0.6) is 0 Å². The second kappa shape index (κ2) is 8.27. The van der Waals surface area contributed by atoms with Crippen LogP contribution in [0.3, 0.4) is 0 Å². The Hall–Kier alpha value is -1.99. The lowest BCUT2D eigenvalue weighted by atomic mass is 9.74. The number of rotatable bonds is 3. The summed E-state index contributed by atoms with van der Waals surface area (Å²) in [6.45, 7) is 5.10. The molecule has 7 nitrogen and oxygen atoms in total. The number of fused-ring (bicyclic) bond motifs is 1. The molecule has 3 heterocycles. The zero-order chi connectivity index (χ0) is 21.4. The van der Waals surface area contributed by atoms with Crippen LogP contribution in [0.4, 0.5) is 0 Å². The average molecular weight is 416 g/mol. The van der Waals surface area contributed by atoms with Crippen molar-refractivity contribution in [3.63, 3.8) is 0 Å². The van der Waals surface area contributed by atoms with Gasteiger partial charge < -0.3 is 20.1 Å². The Morgan fingerprint density at radius 2 is 2.03 bits per heavy atom. The number of hydrogen-bond acceptors (Lipinski definition) is 5. The van der Waals surface area contributed by atoms with Gasteiger partial charge in [0.15, 0.2) is 0 Å². The molecule has 0 aromatic carbocycles. The second-order valence-corrected chi connectivity index (χ2v) is 9.33. The highest BCUT2D eigenvalue weighted by Gasteiger charge is 2.50. The zero-order valence-electron chi connectivity index (χ0n) is 18.1. The number of pyridine rings is 1. The molecule has 0 saturated carbocycles. The highest BCUT2D eigenvalue weighted by Crippen LogP contribution is 2.40. The molecule has 164 valence electrons. The number of carbonyl (C=O) groups excluding carboxylic acids is 2. The third kappa shape index (κ3) is 4.10. The van der Waals surface area contributed by atoms with Crippen molar-refractivity contribution in [3.05, 3.63) is 29.1 Å². The molecule has 0 unspecified atom stereocenters. The van der Waals surface area contributed by atoms with Crippen molar-refractivity contribution in [2.45, 2.75) is 82.5 Å². The predicted octanol–water partition coefficient (Wildman–Crippen LogP) is 2.00.